The van der Waals surface area contributed by atoms with E-state index in [2.05, 4.69) is 49.7 Å². The highest BCUT2D eigenvalue weighted by Gasteiger charge is 2.16. The van der Waals surface area contributed by atoms with Gasteiger partial charge in [0.25, 0.3) is 0 Å². The third-order valence-corrected chi connectivity index (χ3v) is 8.72. The molecular formula is C37H70N+. The van der Waals surface area contributed by atoms with Gasteiger partial charge < -0.3 is 0 Å². The molecule has 1 nitrogen and oxygen atoms in total. The molecule has 0 spiro atoms. The van der Waals surface area contributed by atoms with E-state index in [4.69, 9.17) is 0 Å². The minimum Gasteiger partial charge on any atom is -0.202 e. The fourth-order valence-corrected chi connectivity index (χ4v) is 6.06. The summed E-state index contributed by atoms with van der Waals surface area (Å²) in [5.74, 6) is 0.686. The highest BCUT2D eigenvalue weighted by molar-refractivity contribution is 5.02. The minimum absolute atomic E-state index is 0.686. The van der Waals surface area contributed by atoms with Gasteiger partial charge in [-0.2, -0.15) is 0 Å². The van der Waals surface area contributed by atoms with Crippen molar-refractivity contribution in [1.82, 2.24) is 0 Å². The Morgan fingerprint density at radius 2 is 0.842 bits per heavy atom. The van der Waals surface area contributed by atoms with Gasteiger partial charge in [0.05, 0.1) is 0 Å². The Bertz CT molecular complexity index is 594. The van der Waals surface area contributed by atoms with Crippen LogP contribution < -0.4 is 4.57 Å². The van der Waals surface area contributed by atoms with E-state index in [1.165, 1.54) is 180 Å². The van der Waals surface area contributed by atoms with Crippen LogP contribution >= 0.6 is 0 Å². The minimum atomic E-state index is 0.686. The first-order valence-corrected chi connectivity index (χ1v) is 17.8. The standard InChI is InChI=1S/C37H70N/c1-4-6-8-10-12-14-16-17-18-19-20-21-23-25-27-30-34-38-35-31-29-33-37(38)36(3)32-28-26-24-22-15-13-11-9-7-5-2/h29,31,33,35-36H,4-28,30,32,34H2,1-3H3/q+1. The Hall–Kier alpha value is -0.850. The van der Waals surface area contributed by atoms with Gasteiger partial charge in [0.15, 0.2) is 11.9 Å². The monoisotopic (exact) mass is 529 g/mol. The molecule has 0 aliphatic carbocycles. The molecule has 1 unspecified atom stereocenters. The molecule has 0 aliphatic rings. The van der Waals surface area contributed by atoms with Gasteiger partial charge in [-0.25, -0.2) is 4.57 Å². The maximum absolute atomic E-state index is 2.56. The van der Waals surface area contributed by atoms with E-state index >= 15 is 0 Å². The van der Waals surface area contributed by atoms with E-state index in [1.807, 2.05) is 0 Å². The van der Waals surface area contributed by atoms with Gasteiger partial charge >= 0.3 is 0 Å². The fraction of sp³-hybridized carbons (Fsp3) is 0.865. The van der Waals surface area contributed by atoms with Crippen molar-refractivity contribution in [3.8, 4) is 0 Å². The lowest BCUT2D eigenvalue weighted by molar-refractivity contribution is -0.705. The lowest BCUT2D eigenvalue weighted by Crippen LogP contribution is -2.38. The van der Waals surface area contributed by atoms with E-state index in [0.29, 0.717) is 5.92 Å². The molecule has 1 atom stereocenters. The average molecular weight is 529 g/mol. The first-order valence-electron chi connectivity index (χ1n) is 17.8. The molecule has 0 aromatic carbocycles. The van der Waals surface area contributed by atoms with Crippen LogP contribution in [0.4, 0.5) is 0 Å². The molecular weight excluding hydrogens is 458 g/mol. The topological polar surface area (TPSA) is 3.88 Å². The molecule has 0 bridgehead atoms. The molecule has 0 saturated carbocycles. The van der Waals surface area contributed by atoms with Gasteiger partial charge in [-0.1, -0.05) is 181 Å². The van der Waals surface area contributed by atoms with Gasteiger partial charge in [0.1, 0.15) is 6.54 Å². The van der Waals surface area contributed by atoms with Gasteiger partial charge in [0.2, 0.25) is 0 Å². The predicted octanol–water partition coefficient (Wildman–Crippen LogP) is 12.7. The van der Waals surface area contributed by atoms with Gasteiger partial charge in [-0.15, -0.1) is 0 Å². The molecule has 0 aliphatic heterocycles. The lowest BCUT2D eigenvalue weighted by Gasteiger charge is -2.11. The van der Waals surface area contributed by atoms with E-state index in [0.717, 1.165) is 0 Å². The summed E-state index contributed by atoms with van der Waals surface area (Å²) < 4.78 is 2.56. The summed E-state index contributed by atoms with van der Waals surface area (Å²) in [6, 6.07) is 6.85. The maximum Gasteiger partial charge on any atom is 0.184 e. The van der Waals surface area contributed by atoms with Crippen LogP contribution in [0.2, 0.25) is 0 Å². The molecule has 1 heteroatoms. The zero-order valence-corrected chi connectivity index (χ0v) is 26.6. The van der Waals surface area contributed by atoms with Crippen LogP contribution in [-0.2, 0) is 6.54 Å². The Labute approximate surface area is 241 Å². The largest absolute Gasteiger partial charge is 0.202 e. The van der Waals surface area contributed by atoms with E-state index in [9.17, 15) is 0 Å². The Morgan fingerprint density at radius 1 is 0.474 bits per heavy atom. The normalized spacial score (nSPS) is 12.3. The number of unbranched alkanes of at least 4 members (excludes halogenated alkanes) is 24. The van der Waals surface area contributed by atoms with Crippen LogP contribution in [0.15, 0.2) is 24.4 Å². The molecule has 0 fully saturated rings. The van der Waals surface area contributed by atoms with Crippen molar-refractivity contribution in [2.24, 2.45) is 0 Å². The third-order valence-electron chi connectivity index (χ3n) is 8.72. The zero-order chi connectivity index (χ0) is 27.4. The predicted molar refractivity (Wildman–Crippen MR) is 171 cm³/mol. The number of aromatic nitrogens is 1. The van der Waals surface area contributed by atoms with Crippen molar-refractivity contribution in [1.29, 1.82) is 0 Å². The first kappa shape index (κ1) is 35.2. The third kappa shape index (κ3) is 21.0. The van der Waals surface area contributed by atoms with Crippen LogP contribution in [-0.4, -0.2) is 0 Å². The summed E-state index contributed by atoms with van der Waals surface area (Å²) in [6.45, 7) is 8.27. The Balaban J connectivity index is 1.99. The summed E-state index contributed by atoms with van der Waals surface area (Å²) in [6.07, 6.45) is 41.1. The quantitative estimate of drug-likeness (QED) is 0.0719. The van der Waals surface area contributed by atoms with Crippen molar-refractivity contribution in [2.75, 3.05) is 0 Å². The summed E-state index contributed by atoms with van der Waals surface area (Å²) in [7, 11) is 0. The van der Waals surface area contributed by atoms with E-state index in [-0.39, 0.29) is 0 Å². The molecule has 0 amide bonds. The molecule has 222 valence electrons. The second kappa shape index (κ2) is 27.7. The molecule has 0 saturated heterocycles. The van der Waals surface area contributed by atoms with Crippen LogP contribution in [0.3, 0.4) is 0 Å². The van der Waals surface area contributed by atoms with Crippen molar-refractivity contribution < 1.29 is 4.57 Å². The molecule has 1 aromatic rings. The molecule has 0 radical (unpaired) electrons. The number of aryl methyl sites for hydroxylation is 1. The second-order valence-electron chi connectivity index (χ2n) is 12.5. The Morgan fingerprint density at radius 3 is 1.26 bits per heavy atom. The van der Waals surface area contributed by atoms with Crippen LogP contribution in [0.5, 0.6) is 0 Å². The number of hydrogen-bond acceptors (Lipinski definition) is 0. The van der Waals surface area contributed by atoms with Crippen molar-refractivity contribution in [3.05, 3.63) is 30.1 Å². The number of pyridine rings is 1. The summed E-state index contributed by atoms with van der Waals surface area (Å²) in [5.41, 5.74) is 1.56. The van der Waals surface area contributed by atoms with Gasteiger partial charge in [-0.05, 0) is 12.8 Å². The van der Waals surface area contributed by atoms with Gasteiger partial charge in [0, 0.05) is 24.5 Å². The highest BCUT2D eigenvalue weighted by Crippen LogP contribution is 2.20. The molecule has 1 rings (SSSR count). The van der Waals surface area contributed by atoms with Crippen molar-refractivity contribution in [2.45, 2.75) is 207 Å². The molecule has 0 N–H and O–H groups in total. The summed E-state index contributed by atoms with van der Waals surface area (Å²) >= 11 is 0. The number of nitrogens with zero attached hydrogens (tertiary/aromatic N) is 1. The van der Waals surface area contributed by atoms with E-state index < -0.39 is 0 Å². The van der Waals surface area contributed by atoms with Gasteiger partial charge in [-0.3, -0.25) is 0 Å². The highest BCUT2D eigenvalue weighted by atomic mass is 15.0. The summed E-state index contributed by atoms with van der Waals surface area (Å²) in [4.78, 5) is 0. The second-order valence-corrected chi connectivity index (χ2v) is 12.5. The van der Waals surface area contributed by atoms with Crippen molar-refractivity contribution in [3.63, 3.8) is 0 Å². The lowest BCUT2D eigenvalue weighted by atomic mass is 9.97. The summed E-state index contributed by atoms with van der Waals surface area (Å²) in [5, 5.41) is 0. The smallest absolute Gasteiger partial charge is 0.184 e. The average Bonchev–Trinajstić information content (AvgIpc) is 2.94. The van der Waals surface area contributed by atoms with Crippen molar-refractivity contribution >= 4 is 0 Å². The number of hydrogen-bond donors (Lipinski definition) is 0. The fourth-order valence-electron chi connectivity index (χ4n) is 6.06. The number of rotatable bonds is 29. The zero-order valence-electron chi connectivity index (χ0n) is 26.6. The van der Waals surface area contributed by atoms with Crippen LogP contribution in [0.25, 0.3) is 0 Å². The molecule has 38 heavy (non-hydrogen) atoms. The molecule has 1 aromatic heterocycles. The van der Waals surface area contributed by atoms with E-state index in [1.54, 1.807) is 5.69 Å². The Kier molecular flexibility index (Phi) is 25.6. The maximum atomic E-state index is 2.56. The molecule has 1 heterocycles. The van der Waals surface area contributed by atoms with Crippen LogP contribution in [0.1, 0.15) is 206 Å². The van der Waals surface area contributed by atoms with Crippen LogP contribution in [0, 0.1) is 0 Å². The SMILES string of the molecule is CCCCCCCCCCCCCCCCCC[n+]1ccccc1C(C)CCCCCCCCCCCC. The first-order chi connectivity index (χ1) is 18.8.